The van der Waals surface area contributed by atoms with Crippen molar-refractivity contribution in [1.82, 2.24) is 9.97 Å². The molecule has 0 atom stereocenters. The number of anilines is 4. The fourth-order valence-electron chi connectivity index (χ4n) is 2.12. The van der Waals surface area contributed by atoms with E-state index in [9.17, 15) is 10.1 Å². The first-order valence-corrected chi connectivity index (χ1v) is 7.84. The van der Waals surface area contributed by atoms with E-state index in [0.29, 0.717) is 16.4 Å². The van der Waals surface area contributed by atoms with Gasteiger partial charge in [0.2, 0.25) is 11.6 Å². The molecule has 25 heavy (non-hydrogen) atoms. The van der Waals surface area contributed by atoms with Crippen LogP contribution in [0.1, 0.15) is 0 Å². The Morgan fingerprint density at radius 3 is 2.28 bits per heavy atom. The van der Waals surface area contributed by atoms with Crippen LogP contribution in [0.2, 0.25) is 10.0 Å². The van der Waals surface area contributed by atoms with Crippen molar-refractivity contribution < 1.29 is 4.92 Å². The normalized spacial score (nSPS) is 10.3. The molecule has 0 spiro atoms. The number of aromatic nitrogens is 2. The summed E-state index contributed by atoms with van der Waals surface area (Å²) in [6, 6.07) is 13.9. The molecule has 0 aliphatic rings. The van der Waals surface area contributed by atoms with E-state index in [0.717, 1.165) is 0 Å². The van der Waals surface area contributed by atoms with Crippen LogP contribution in [0, 0.1) is 10.1 Å². The van der Waals surface area contributed by atoms with Crippen molar-refractivity contribution in [3.05, 3.63) is 75.0 Å². The highest BCUT2D eigenvalue weighted by atomic mass is 35.5. The monoisotopic (exact) mass is 375 g/mol. The molecule has 3 aromatic rings. The van der Waals surface area contributed by atoms with Gasteiger partial charge in [0.1, 0.15) is 6.33 Å². The van der Waals surface area contributed by atoms with Gasteiger partial charge in [0.05, 0.1) is 20.7 Å². The zero-order valence-corrected chi connectivity index (χ0v) is 14.1. The van der Waals surface area contributed by atoms with Gasteiger partial charge in [-0.3, -0.25) is 10.1 Å². The van der Waals surface area contributed by atoms with Crippen LogP contribution in [0.15, 0.2) is 54.9 Å². The Labute approximate surface area is 152 Å². The number of nitro groups is 1. The lowest BCUT2D eigenvalue weighted by atomic mass is 10.3. The van der Waals surface area contributed by atoms with Crippen molar-refractivity contribution in [2.75, 3.05) is 10.6 Å². The van der Waals surface area contributed by atoms with Crippen LogP contribution < -0.4 is 10.6 Å². The van der Waals surface area contributed by atoms with E-state index >= 15 is 0 Å². The van der Waals surface area contributed by atoms with Crippen molar-refractivity contribution in [1.29, 1.82) is 0 Å². The fourth-order valence-corrected chi connectivity index (χ4v) is 2.47. The molecule has 9 heteroatoms. The Balaban J connectivity index is 2.01. The van der Waals surface area contributed by atoms with Gasteiger partial charge in [0.25, 0.3) is 0 Å². The number of hydrogen-bond acceptors (Lipinski definition) is 6. The molecule has 0 aliphatic heterocycles. The maximum absolute atomic E-state index is 11.6. The molecule has 2 N–H and O–H groups in total. The molecule has 0 amide bonds. The highest BCUT2D eigenvalue weighted by Crippen LogP contribution is 2.36. The third-order valence-electron chi connectivity index (χ3n) is 3.25. The van der Waals surface area contributed by atoms with Crippen molar-refractivity contribution >= 4 is 51.9 Å². The average molecular weight is 376 g/mol. The Bertz CT molecular complexity index is 922. The van der Waals surface area contributed by atoms with Crippen molar-refractivity contribution in [3.63, 3.8) is 0 Å². The largest absolute Gasteiger partial charge is 0.353 e. The lowest BCUT2D eigenvalue weighted by molar-refractivity contribution is -0.383. The van der Waals surface area contributed by atoms with Crippen LogP contribution in [-0.2, 0) is 0 Å². The van der Waals surface area contributed by atoms with Crippen LogP contribution in [0.4, 0.5) is 28.7 Å². The summed E-state index contributed by atoms with van der Waals surface area (Å²) in [5, 5.41) is 17.9. The van der Waals surface area contributed by atoms with Gasteiger partial charge in [0, 0.05) is 5.69 Å². The van der Waals surface area contributed by atoms with E-state index in [2.05, 4.69) is 20.6 Å². The van der Waals surface area contributed by atoms with Crippen molar-refractivity contribution in [2.24, 2.45) is 0 Å². The molecule has 1 aromatic heterocycles. The smallest absolute Gasteiger partial charge is 0.334 e. The van der Waals surface area contributed by atoms with E-state index in [1.54, 1.807) is 42.5 Å². The molecule has 3 rings (SSSR count). The van der Waals surface area contributed by atoms with E-state index < -0.39 is 4.92 Å². The number of benzene rings is 2. The SMILES string of the molecule is O=[N+]([O-])c1c(Nc2ccccc2)ncnc1Nc1cccc(Cl)c1Cl. The molecule has 0 unspecified atom stereocenters. The second-order valence-electron chi connectivity index (χ2n) is 4.89. The van der Waals surface area contributed by atoms with E-state index in [4.69, 9.17) is 23.2 Å². The third-order valence-corrected chi connectivity index (χ3v) is 4.06. The number of nitrogens with zero attached hydrogens (tertiary/aromatic N) is 3. The molecule has 126 valence electrons. The maximum Gasteiger partial charge on any atom is 0.353 e. The van der Waals surface area contributed by atoms with Gasteiger partial charge in [-0.2, -0.15) is 0 Å². The van der Waals surface area contributed by atoms with Gasteiger partial charge in [-0.15, -0.1) is 0 Å². The summed E-state index contributed by atoms with van der Waals surface area (Å²) in [5.41, 5.74) is 0.764. The first-order valence-electron chi connectivity index (χ1n) is 7.09. The molecule has 0 saturated carbocycles. The Kier molecular flexibility index (Phi) is 4.97. The second kappa shape index (κ2) is 7.33. The predicted octanol–water partition coefficient (Wildman–Crippen LogP) is 5.18. The minimum atomic E-state index is -0.563. The number of hydrogen-bond donors (Lipinski definition) is 2. The van der Waals surface area contributed by atoms with Crippen LogP contribution in [0.5, 0.6) is 0 Å². The van der Waals surface area contributed by atoms with Gasteiger partial charge in [-0.25, -0.2) is 9.97 Å². The Morgan fingerprint density at radius 2 is 1.60 bits per heavy atom. The van der Waals surface area contributed by atoms with Crippen molar-refractivity contribution in [3.8, 4) is 0 Å². The fraction of sp³-hybridized carbons (Fsp3) is 0. The predicted molar refractivity (Wildman–Crippen MR) is 98.2 cm³/mol. The lowest BCUT2D eigenvalue weighted by Crippen LogP contribution is -2.05. The van der Waals surface area contributed by atoms with Crippen molar-refractivity contribution in [2.45, 2.75) is 0 Å². The summed E-state index contributed by atoms with van der Waals surface area (Å²) in [6.45, 7) is 0. The van der Waals surface area contributed by atoms with E-state index in [1.165, 1.54) is 6.33 Å². The summed E-state index contributed by atoms with van der Waals surface area (Å²) in [7, 11) is 0. The molecule has 0 saturated heterocycles. The first kappa shape index (κ1) is 16.9. The van der Waals surface area contributed by atoms with Crippen LogP contribution in [0.25, 0.3) is 0 Å². The quantitative estimate of drug-likeness (QED) is 0.471. The molecule has 7 nitrogen and oxygen atoms in total. The van der Waals surface area contributed by atoms with Gasteiger partial charge in [-0.1, -0.05) is 47.5 Å². The second-order valence-corrected chi connectivity index (χ2v) is 5.68. The van der Waals surface area contributed by atoms with Gasteiger partial charge < -0.3 is 10.6 Å². The molecule has 0 aliphatic carbocycles. The Morgan fingerprint density at radius 1 is 0.920 bits per heavy atom. The number of para-hydroxylation sites is 1. The van der Waals surface area contributed by atoms with Crippen LogP contribution >= 0.6 is 23.2 Å². The molecule has 0 bridgehead atoms. The van der Waals surface area contributed by atoms with Gasteiger partial charge >= 0.3 is 5.69 Å². The minimum Gasteiger partial charge on any atom is -0.334 e. The third kappa shape index (κ3) is 3.78. The van der Waals surface area contributed by atoms with Gasteiger partial charge in [-0.05, 0) is 24.3 Å². The molecular formula is C16H11Cl2N5O2. The van der Waals surface area contributed by atoms with Crippen LogP contribution in [0.3, 0.4) is 0 Å². The minimum absolute atomic E-state index is 0.00241. The number of halogens is 2. The van der Waals surface area contributed by atoms with Crippen LogP contribution in [-0.4, -0.2) is 14.9 Å². The topological polar surface area (TPSA) is 93.0 Å². The zero-order valence-electron chi connectivity index (χ0n) is 12.6. The summed E-state index contributed by atoms with van der Waals surface area (Å²) in [5.74, 6) is 0.0643. The molecular weight excluding hydrogens is 365 g/mol. The summed E-state index contributed by atoms with van der Waals surface area (Å²) >= 11 is 12.1. The van der Waals surface area contributed by atoms with Gasteiger partial charge in [0.15, 0.2) is 0 Å². The first-order chi connectivity index (χ1) is 12.1. The lowest BCUT2D eigenvalue weighted by Gasteiger charge is -2.11. The summed E-state index contributed by atoms with van der Waals surface area (Å²) in [4.78, 5) is 18.9. The maximum atomic E-state index is 11.6. The molecule has 1 heterocycles. The average Bonchev–Trinajstić information content (AvgIpc) is 2.60. The zero-order chi connectivity index (χ0) is 17.8. The standard InChI is InChI=1S/C16H11Cl2N5O2/c17-11-7-4-8-12(13(11)18)22-16-14(23(24)25)15(19-9-20-16)21-10-5-2-1-3-6-10/h1-9H,(H2,19,20,21,22). The highest BCUT2D eigenvalue weighted by Gasteiger charge is 2.24. The molecule has 0 fully saturated rings. The number of nitrogens with one attached hydrogen (secondary N) is 2. The summed E-state index contributed by atoms with van der Waals surface area (Å²) < 4.78 is 0. The van der Waals surface area contributed by atoms with E-state index in [1.807, 2.05) is 6.07 Å². The number of rotatable bonds is 5. The van der Waals surface area contributed by atoms with E-state index in [-0.39, 0.29) is 22.3 Å². The summed E-state index contributed by atoms with van der Waals surface area (Å²) in [6.07, 6.45) is 1.22. The molecule has 2 aromatic carbocycles. The molecule has 0 radical (unpaired) electrons. The highest BCUT2D eigenvalue weighted by molar-refractivity contribution is 6.43. The Hall–Kier alpha value is -2.90.